The number of likely N-dealkylation sites (tertiary alicyclic amines) is 1. The molecule has 1 aromatic heterocycles. The molecule has 2 fully saturated rings. The molecule has 0 radical (unpaired) electrons. The normalized spacial score (nSPS) is 18.9. The van der Waals surface area contributed by atoms with Crippen LogP contribution in [0.1, 0.15) is 45.1 Å². The lowest BCUT2D eigenvalue weighted by Crippen LogP contribution is -2.42. The molecule has 1 saturated carbocycles. The first-order chi connectivity index (χ1) is 11.3. The Bertz CT molecular complexity index is 560. The van der Waals surface area contributed by atoms with E-state index in [9.17, 15) is 0 Å². The molecule has 1 aliphatic heterocycles. The Morgan fingerprint density at radius 1 is 1.38 bits per heavy atom. The van der Waals surface area contributed by atoms with Crippen LogP contribution in [0.5, 0.6) is 5.88 Å². The Balaban J connectivity index is 0.00000208. The zero-order valence-electron chi connectivity index (χ0n) is 14.8. The smallest absolute Gasteiger partial charge is 0.218 e. The van der Waals surface area contributed by atoms with E-state index in [0.29, 0.717) is 24.4 Å². The number of rotatable bonds is 5. The van der Waals surface area contributed by atoms with Gasteiger partial charge in [0.15, 0.2) is 5.96 Å². The van der Waals surface area contributed by atoms with Crippen LogP contribution in [0.25, 0.3) is 0 Å². The van der Waals surface area contributed by atoms with Crippen LogP contribution in [-0.2, 0) is 6.54 Å². The highest BCUT2D eigenvalue weighted by Crippen LogP contribution is 2.47. The van der Waals surface area contributed by atoms with Crippen molar-refractivity contribution in [3.8, 4) is 5.88 Å². The van der Waals surface area contributed by atoms with E-state index in [1.807, 2.05) is 19.1 Å². The number of nitrogens with one attached hydrogen (secondary N) is 1. The lowest BCUT2D eigenvalue weighted by atomic mass is 9.68. The third-order valence-electron chi connectivity index (χ3n) is 5.02. The van der Waals surface area contributed by atoms with Gasteiger partial charge in [-0.25, -0.2) is 9.98 Å². The fourth-order valence-electron chi connectivity index (χ4n) is 3.60. The molecule has 0 unspecified atom stereocenters. The molecule has 1 saturated heterocycles. The maximum absolute atomic E-state index is 5.60. The van der Waals surface area contributed by atoms with Gasteiger partial charge in [0.05, 0.1) is 13.2 Å². The summed E-state index contributed by atoms with van der Waals surface area (Å²) in [6, 6.07) is 3.99. The summed E-state index contributed by atoms with van der Waals surface area (Å²) in [5, 5.41) is 3.45. The number of hydrogen-bond donors (Lipinski definition) is 1. The Morgan fingerprint density at radius 3 is 2.83 bits per heavy atom. The van der Waals surface area contributed by atoms with Gasteiger partial charge in [0.1, 0.15) is 0 Å². The maximum Gasteiger partial charge on any atom is 0.218 e. The maximum atomic E-state index is 5.60. The van der Waals surface area contributed by atoms with Crippen molar-refractivity contribution in [1.82, 2.24) is 15.2 Å². The zero-order chi connectivity index (χ0) is 16.1. The van der Waals surface area contributed by atoms with Crippen LogP contribution in [0.2, 0.25) is 0 Å². The minimum absolute atomic E-state index is 0. The lowest BCUT2D eigenvalue weighted by Gasteiger charge is -2.38. The fourth-order valence-corrected chi connectivity index (χ4v) is 3.60. The fraction of sp³-hybridized carbons (Fsp3) is 0.667. The van der Waals surface area contributed by atoms with Gasteiger partial charge in [-0.1, -0.05) is 12.5 Å². The van der Waals surface area contributed by atoms with Crippen molar-refractivity contribution in [3.05, 3.63) is 23.9 Å². The molecule has 24 heavy (non-hydrogen) atoms. The molecule has 1 aromatic rings. The van der Waals surface area contributed by atoms with Crippen molar-refractivity contribution >= 4 is 29.9 Å². The first-order valence-corrected chi connectivity index (χ1v) is 8.86. The summed E-state index contributed by atoms with van der Waals surface area (Å²) in [7, 11) is 0. The summed E-state index contributed by atoms with van der Waals surface area (Å²) in [6.45, 7) is 8.51. The number of nitrogens with zero attached hydrogens (tertiary/aromatic N) is 3. The van der Waals surface area contributed by atoms with Crippen molar-refractivity contribution in [3.63, 3.8) is 0 Å². The molecule has 1 aliphatic carbocycles. The van der Waals surface area contributed by atoms with Crippen LogP contribution >= 0.6 is 24.0 Å². The number of aliphatic imine (C=N–C) groups is 1. The van der Waals surface area contributed by atoms with Crippen molar-refractivity contribution in [2.24, 2.45) is 10.4 Å². The van der Waals surface area contributed by atoms with E-state index in [4.69, 9.17) is 9.73 Å². The Hall–Kier alpha value is -1.05. The van der Waals surface area contributed by atoms with Gasteiger partial charge in [-0.3, -0.25) is 0 Å². The Kier molecular flexibility index (Phi) is 7.13. The van der Waals surface area contributed by atoms with Gasteiger partial charge in [0, 0.05) is 31.4 Å². The average molecular weight is 444 g/mol. The zero-order valence-corrected chi connectivity index (χ0v) is 17.1. The monoisotopic (exact) mass is 444 g/mol. The van der Waals surface area contributed by atoms with E-state index < -0.39 is 0 Å². The number of ether oxygens (including phenoxy) is 1. The number of guanidine groups is 1. The van der Waals surface area contributed by atoms with Crippen molar-refractivity contribution in [2.45, 2.75) is 46.1 Å². The first kappa shape index (κ1) is 19.3. The van der Waals surface area contributed by atoms with Crippen LogP contribution in [0, 0.1) is 5.41 Å². The number of hydrogen-bond acceptors (Lipinski definition) is 3. The second-order valence-corrected chi connectivity index (χ2v) is 6.60. The quantitative estimate of drug-likeness (QED) is 0.430. The van der Waals surface area contributed by atoms with Gasteiger partial charge >= 0.3 is 0 Å². The number of halogens is 1. The van der Waals surface area contributed by atoms with E-state index in [1.54, 1.807) is 6.20 Å². The van der Waals surface area contributed by atoms with Crippen molar-refractivity contribution in [1.29, 1.82) is 0 Å². The van der Waals surface area contributed by atoms with Crippen LogP contribution in [0.3, 0.4) is 0 Å². The molecule has 0 atom stereocenters. The molecule has 1 spiro atoms. The largest absolute Gasteiger partial charge is 0.478 e. The molecule has 0 aromatic carbocycles. The Labute approximate surface area is 162 Å². The van der Waals surface area contributed by atoms with E-state index >= 15 is 0 Å². The highest BCUT2D eigenvalue weighted by Gasteiger charge is 2.43. The minimum Gasteiger partial charge on any atom is -0.478 e. The van der Waals surface area contributed by atoms with Crippen LogP contribution in [0.4, 0.5) is 0 Å². The molecule has 0 amide bonds. The standard InChI is InChI=1S/C18H28N4O.HI/c1-3-19-17(22-12-10-18(14-22)8-6-9-18)21-13-15-7-5-11-20-16(15)23-4-2;/h5,7,11H,3-4,6,8-10,12-14H2,1-2H3,(H,19,21);1H. The molecular formula is C18H29IN4O. The average Bonchev–Trinajstić information content (AvgIpc) is 2.99. The molecule has 2 heterocycles. The Morgan fingerprint density at radius 2 is 2.21 bits per heavy atom. The highest BCUT2D eigenvalue weighted by molar-refractivity contribution is 14.0. The predicted octanol–water partition coefficient (Wildman–Crippen LogP) is 3.44. The lowest BCUT2D eigenvalue weighted by molar-refractivity contribution is 0.151. The van der Waals surface area contributed by atoms with Gasteiger partial charge in [-0.15, -0.1) is 24.0 Å². The molecular weight excluding hydrogens is 415 g/mol. The summed E-state index contributed by atoms with van der Waals surface area (Å²) >= 11 is 0. The summed E-state index contributed by atoms with van der Waals surface area (Å²) < 4.78 is 5.60. The second kappa shape index (κ2) is 8.87. The topological polar surface area (TPSA) is 49.8 Å². The SMILES string of the molecule is CCNC(=NCc1cccnc1OCC)N1CCC2(CCC2)C1.I. The van der Waals surface area contributed by atoms with Gasteiger partial charge in [0.2, 0.25) is 5.88 Å². The van der Waals surface area contributed by atoms with E-state index in [-0.39, 0.29) is 24.0 Å². The molecule has 3 rings (SSSR count). The summed E-state index contributed by atoms with van der Waals surface area (Å²) in [5.41, 5.74) is 1.63. The molecule has 134 valence electrons. The van der Waals surface area contributed by atoms with Gasteiger partial charge in [-0.05, 0) is 44.6 Å². The van der Waals surface area contributed by atoms with E-state index in [0.717, 1.165) is 31.2 Å². The molecule has 1 N–H and O–H groups in total. The summed E-state index contributed by atoms with van der Waals surface area (Å²) in [4.78, 5) is 11.6. The highest BCUT2D eigenvalue weighted by atomic mass is 127. The van der Waals surface area contributed by atoms with Gasteiger partial charge < -0.3 is 15.0 Å². The van der Waals surface area contributed by atoms with Crippen LogP contribution in [0.15, 0.2) is 23.3 Å². The van der Waals surface area contributed by atoms with Crippen LogP contribution in [-0.4, -0.2) is 42.1 Å². The summed E-state index contributed by atoms with van der Waals surface area (Å²) in [5.74, 6) is 1.73. The number of aromatic nitrogens is 1. The number of pyridine rings is 1. The predicted molar refractivity (Wildman–Crippen MR) is 108 cm³/mol. The third-order valence-corrected chi connectivity index (χ3v) is 5.02. The van der Waals surface area contributed by atoms with E-state index in [1.165, 1.54) is 25.7 Å². The molecule has 6 heteroatoms. The minimum atomic E-state index is 0. The molecule has 2 aliphatic rings. The first-order valence-electron chi connectivity index (χ1n) is 8.86. The van der Waals surface area contributed by atoms with Crippen molar-refractivity contribution in [2.75, 3.05) is 26.2 Å². The van der Waals surface area contributed by atoms with Crippen LogP contribution < -0.4 is 10.1 Å². The van der Waals surface area contributed by atoms with E-state index in [2.05, 4.69) is 22.1 Å². The summed E-state index contributed by atoms with van der Waals surface area (Å²) in [6.07, 6.45) is 7.26. The second-order valence-electron chi connectivity index (χ2n) is 6.60. The van der Waals surface area contributed by atoms with Gasteiger partial charge in [-0.2, -0.15) is 0 Å². The molecule has 5 nitrogen and oxygen atoms in total. The molecule has 0 bridgehead atoms. The van der Waals surface area contributed by atoms with Crippen molar-refractivity contribution < 1.29 is 4.74 Å². The third kappa shape index (κ3) is 4.32. The van der Waals surface area contributed by atoms with Gasteiger partial charge in [0.25, 0.3) is 0 Å².